The van der Waals surface area contributed by atoms with Gasteiger partial charge in [0.2, 0.25) is 0 Å². The maximum Gasteiger partial charge on any atom is 0.335 e. The highest BCUT2D eigenvalue weighted by Gasteiger charge is 2.42. The van der Waals surface area contributed by atoms with Crippen molar-refractivity contribution in [1.82, 2.24) is 4.90 Å². The standard InChI is InChI=1S/C25H27Cl2NO4/c1-15-12-20(26)24(21(27)13-15)32-11-10-31-18-7-4-16(5-8-18)19-14-17-6-9-22(28(17)2)23(19)25(29)30-3/h4-5,7-8,12-13,17,22H,6,9-11,14H2,1-3H3/t17-,22+/m0/s1. The molecule has 5 nitrogen and oxygen atoms in total. The van der Waals surface area contributed by atoms with E-state index in [1.54, 1.807) is 0 Å². The molecule has 0 saturated carbocycles. The summed E-state index contributed by atoms with van der Waals surface area (Å²) in [4.78, 5) is 14.8. The Morgan fingerprint density at radius 3 is 2.38 bits per heavy atom. The number of esters is 1. The minimum absolute atomic E-state index is 0.129. The lowest BCUT2D eigenvalue weighted by molar-refractivity contribution is -0.136. The molecule has 170 valence electrons. The van der Waals surface area contributed by atoms with Gasteiger partial charge in [-0.2, -0.15) is 0 Å². The van der Waals surface area contributed by atoms with Crippen LogP contribution < -0.4 is 9.47 Å². The Morgan fingerprint density at radius 1 is 1.06 bits per heavy atom. The van der Waals surface area contributed by atoms with E-state index in [-0.39, 0.29) is 12.0 Å². The number of nitrogens with zero attached hydrogens (tertiary/aromatic N) is 1. The van der Waals surface area contributed by atoms with Crippen molar-refractivity contribution in [3.8, 4) is 11.5 Å². The van der Waals surface area contributed by atoms with Crippen LogP contribution in [-0.2, 0) is 9.53 Å². The zero-order chi connectivity index (χ0) is 22.8. The summed E-state index contributed by atoms with van der Waals surface area (Å²) in [5.41, 5.74) is 3.89. The quantitative estimate of drug-likeness (QED) is 0.387. The van der Waals surface area contributed by atoms with E-state index in [1.807, 2.05) is 43.3 Å². The zero-order valence-electron chi connectivity index (χ0n) is 18.5. The van der Waals surface area contributed by atoms with Crippen LogP contribution in [0.3, 0.4) is 0 Å². The molecule has 0 spiro atoms. The van der Waals surface area contributed by atoms with Crippen LogP contribution in [0, 0.1) is 6.92 Å². The first kappa shape index (κ1) is 23.0. The van der Waals surface area contributed by atoms with Crippen molar-refractivity contribution in [3.63, 3.8) is 0 Å². The molecule has 0 amide bonds. The predicted molar refractivity (Wildman–Crippen MR) is 127 cm³/mol. The Kier molecular flexibility index (Phi) is 6.99. The van der Waals surface area contributed by atoms with Crippen LogP contribution in [0.1, 0.15) is 30.4 Å². The molecular formula is C25H27Cl2NO4. The fourth-order valence-corrected chi connectivity index (χ4v) is 5.38. The lowest BCUT2D eigenvalue weighted by Crippen LogP contribution is -2.40. The van der Waals surface area contributed by atoms with Gasteiger partial charge in [0.15, 0.2) is 5.75 Å². The average Bonchev–Trinajstić information content (AvgIpc) is 3.00. The van der Waals surface area contributed by atoms with Crippen molar-refractivity contribution in [2.45, 2.75) is 38.3 Å². The van der Waals surface area contributed by atoms with Gasteiger partial charge in [0.25, 0.3) is 0 Å². The number of hydrogen-bond acceptors (Lipinski definition) is 5. The Labute approximate surface area is 198 Å². The second-order valence-electron chi connectivity index (χ2n) is 8.28. The maximum absolute atomic E-state index is 12.5. The Morgan fingerprint density at radius 2 is 1.72 bits per heavy atom. The molecule has 0 aliphatic carbocycles. The van der Waals surface area contributed by atoms with E-state index in [0.717, 1.165) is 47.3 Å². The third-order valence-electron chi connectivity index (χ3n) is 6.29. The second-order valence-corrected chi connectivity index (χ2v) is 9.09. The first-order valence-electron chi connectivity index (χ1n) is 10.7. The molecule has 2 atom stereocenters. The van der Waals surface area contributed by atoms with Crippen molar-refractivity contribution in [2.24, 2.45) is 0 Å². The van der Waals surface area contributed by atoms with Crippen molar-refractivity contribution in [1.29, 1.82) is 0 Å². The average molecular weight is 476 g/mol. The van der Waals surface area contributed by atoms with E-state index < -0.39 is 0 Å². The number of halogens is 2. The van der Waals surface area contributed by atoms with E-state index in [0.29, 0.717) is 35.1 Å². The van der Waals surface area contributed by atoms with Gasteiger partial charge in [-0.1, -0.05) is 35.3 Å². The van der Waals surface area contributed by atoms with Crippen LogP contribution in [-0.4, -0.2) is 50.3 Å². The number of fused-ring (bicyclic) bond motifs is 2. The molecule has 0 radical (unpaired) electrons. The smallest absolute Gasteiger partial charge is 0.335 e. The van der Waals surface area contributed by atoms with Gasteiger partial charge in [-0.15, -0.1) is 0 Å². The number of ether oxygens (including phenoxy) is 3. The van der Waals surface area contributed by atoms with Crippen LogP contribution >= 0.6 is 23.2 Å². The molecule has 2 bridgehead atoms. The molecule has 0 unspecified atom stereocenters. The van der Waals surface area contributed by atoms with Gasteiger partial charge in [-0.25, -0.2) is 4.79 Å². The number of hydrogen-bond donors (Lipinski definition) is 0. The van der Waals surface area contributed by atoms with Crippen LogP contribution in [0.5, 0.6) is 11.5 Å². The monoisotopic (exact) mass is 475 g/mol. The van der Waals surface area contributed by atoms with Gasteiger partial charge in [0.1, 0.15) is 19.0 Å². The number of carbonyl (C=O) groups is 1. The Hall–Kier alpha value is -2.21. The lowest BCUT2D eigenvalue weighted by atomic mass is 9.88. The first-order valence-corrected chi connectivity index (χ1v) is 11.5. The molecule has 32 heavy (non-hydrogen) atoms. The summed E-state index contributed by atoms with van der Waals surface area (Å²) < 4.78 is 16.6. The molecule has 2 heterocycles. The first-order chi connectivity index (χ1) is 15.4. The highest BCUT2D eigenvalue weighted by Crippen LogP contribution is 2.42. The number of aryl methyl sites for hydroxylation is 1. The van der Waals surface area contributed by atoms with Gasteiger partial charge >= 0.3 is 5.97 Å². The fraction of sp³-hybridized carbons (Fsp3) is 0.400. The van der Waals surface area contributed by atoms with Crippen molar-refractivity contribution in [3.05, 3.63) is 63.1 Å². The van der Waals surface area contributed by atoms with Crippen LogP contribution in [0.15, 0.2) is 42.0 Å². The summed E-state index contributed by atoms with van der Waals surface area (Å²) in [6, 6.07) is 12.1. The molecule has 0 aromatic heterocycles. The largest absolute Gasteiger partial charge is 0.490 e. The van der Waals surface area contributed by atoms with Crippen LogP contribution in [0.25, 0.3) is 5.57 Å². The molecule has 2 aromatic rings. The fourth-order valence-electron chi connectivity index (χ4n) is 4.68. The van der Waals surface area contributed by atoms with E-state index in [9.17, 15) is 4.79 Å². The van der Waals surface area contributed by atoms with E-state index in [1.165, 1.54) is 7.11 Å². The third kappa shape index (κ3) is 4.61. The zero-order valence-corrected chi connectivity index (χ0v) is 20.0. The molecule has 2 aliphatic heterocycles. The van der Waals surface area contributed by atoms with Crippen LogP contribution in [0.2, 0.25) is 10.0 Å². The minimum Gasteiger partial charge on any atom is -0.490 e. The van der Waals surface area contributed by atoms with Gasteiger partial charge in [-0.3, -0.25) is 4.90 Å². The second kappa shape index (κ2) is 9.74. The number of methoxy groups -OCH3 is 1. The maximum atomic E-state index is 12.5. The third-order valence-corrected chi connectivity index (χ3v) is 6.85. The molecule has 0 N–H and O–H groups in total. The SMILES string of the molecule is COC(=O)C1=C(c2ccc(OCCOc3c(Cl)cc(C)cc3Cl)cc2)C[C@@H]2CC[C@H]1N2C. The summed E-state index contributed by atoms with van der Waals surface area (Å²) in [5, 5.41) is 0.974. The summed E-state index contributed by atoms with van der Waals surface area (Å²) in [7, 11) is 3.54. The number of likely N-dealkylation sites (N-methyl/N-ethyl adjacent to an activating group) is 1. The number of carbonyl (C=O) groups excluding carboxylic acids is 1. The highest BCUT2D eigenvalue weighted by atomic mass is 35.5. The molecule has 2 aliphatic rings. The molecular weight excluding hydrogens is 449 g/mol. The molecule has 2 aromatic carbocycles. The van der Waals surface area contributed by atoms with Gasteiger partial charge < -0.3 is 14.2 Å². The lowest BCUT2D eigenvalue weighted by Gasteiger charge is -2.34. The minimum atomic E-state index is -0.233. The summed E-state index contributed by atoms with van der Waals surface area (Å²) in [6.07, 6.45) is 2.94. The van der Waals surface area contributed by atoms with Gasteiger partial charge in [0.05, 0.1) is 22.7 Å². The number of rotatable bonds is 7. The Bertz CT molecular complexity index is 1010. The molecule has 4 rings (SSSR count). The molecule has 1 fully saturated rings. The van der Waals surface area contributed by atoms with E-state index in [4.69, 9.17) is 37.4 Å². The Balaban J connectivity index is 1.41. The summed E-state index contributed by atoms with van der Waals surface area (Å²) in [5.74, 6) is 0.967. The van der Waals surface area contributed by atoms with Gasteiger partial charge in [-0.05, 0) is 74.2 Å². The van der Waals surface area contributed by atoms with E-state index >= 15 is 0 Å². The molecule has 7 heteroatoms. The summed E-state index contributed by atoms with van der Waals surface area (Å²) >= 11 is 12.4. The predicted octanol–water partition coefficient (Wildman–Crippen LogP) is 5.55. The van der Waals surface area contributed by atoms with Crippen molar-refractivity contribution < 1.29 is 19.0 Å². The van der Waals surface area contributed by atoms with Crippen molar-refractivity contribution >= 4 is 34.7 Å². The van der Waals surface area contributed by atoms with Crippen molar-refractivity contribution in [2.75, 3.05) is 27.4 Å². The van der Waals surface area contributed by atoms with Gasteiger partial charge in [0, 0.05) is 12.1 Å². The summed E-state index contributed by atoms with van der Waals surface area (Å²) in [6.45, 7) is 2.59. The number of benzene rings is 2. The topological polar surface area (TPSA) is 48.0 Å². The van der Waals surface area contributed by atoms with E-state index in [2.05, 4.69) is 11.9 Å². The highest BCUT2D eigenvalue weighted by molar-refractivity contribution is 6.37. The van der Waals surface area contributed by atoms with Crippen LogP contribution in [0.4, 0.5) is 0 Å². The normalized spacial score (nSPS) is 20.4. The molecule has 1 saturated heterocycles.